The summed E-state index contributed by atoms with van der Waals surface area (Å²) >= 11 is 1.67. The highest BCUT2D eigenvalue weighted by molar-refractivity contribution is 7.19. The first-order valence-corrected chi connectivity index (χ1v) is 11.9. The van der Waals surface area contributed by atoms with Gasteiger partial charge in [-0.2, -0.15) is 0 Å². The number of halogens is 2. The standard InChI is InChI=1S/C26H25F2N3O2S/c1-4-5-16-9-17(10-21(28)24(16)26(32)33)22-12-23(31-13-30-22)29-7-6-19-15(3)34-25-14(2)8-18(27)11-20(19)25/h8-13H,4-7H2,1-3H3,(H,32,33)(H,29,30,31). The van der Waals surface area contributed by atoms with Crippen molar-refractivity contribution in [2.45, 2.75) is 40.0 Å². The van der Waals surface area contributed by atoms with Gasteiger partial charge < -0.3 is 10.4 Å². The molecule has 0 amide bonds. The molecule has 5 nitrogen and oxygen atoms in total. The van der Waals surface area contributed by atoms with E-state index in [9.17, 15) is 18.7 Å². The second-order valence-corrected chi connectivity index (χ2v) is 9.47. The number of nitrogens with zero attached hydrogens (tertiary/aromatic N) is 2. The van der Waals surface area contributed by atoms with Gasteiger partial charge in [0.25, 0.3) is 0 Å². The number of benzene rings is 2. The fourth-order valence-corrected chi connectivity index (χ4v) is 5.40. The van der Waals surface area contributed by atoms with E-state index in [0.717, 1.165) is 26.1 Å². The molecule has 0 radical (unpaired) electrons. The molecular formula is C26H25F2N3O2S. The first-order chi connectivity index (χ1) is 16.3. The normalized spacial score (nSPS) is 11.2. The van der Waals surface area contributed by atoms with Crippen LogP contribution in [-0.2, 0) is 12.8 Å². The Balaban J connectivity index is 1.55. The van der Waals surface area contributed by atoms with Crippen LogP contribution in [0.5, 0.6) is 0 Å². The smallest absolute Gasteiger partial charge is 0.338 e. The molecule has 0 fully saturated rings. The Morgan fingerprint density at radius 2 is 1.88 bits per heavy atom. The molecule has 0 bridgehead atoms. The number of aromatic nitrogens is 2. The maximum absolute atomic E-state index is 14.6. The van der Waals surface area contributed by atoms with Crippen molar-refractivity contribution in [2.75, 3.05) is 11.9 Å². The van der Waals surface area contributed by atoms with Gasteiger partial charge in [0.1, 0.15) is 23.8 Å². The molecule has 2 aromatic heterocycles. The Labute approximate surface area is 200 Å². The molecule has 0 atom stereocenters. The third kappa shape index (κ3) is 4.77. The molecule has 0 unspecified atom stereocenters. The zero-order chi connectivity index (χ0) is 24.4. The van der Waals surface area contributed by atoms with Crippen LogP contribution in [-0.4, -0.2) is 27.6 Å². The van der Waals surface area contributed by atoms with E-state index in [4.69, 9.17) is 0 Å². The quantitative estimate of drug-likeness (QED) is 0.298. The summed E-state index contributed by atoms with van der Waals surface area (Å²) in [7, 11) is 0. The number of carboxylic acids is 1. The van der Waals surface area contributed by atoms with Crippen LogP contribution < -0.4 is 5.32 Å². The van der Waals surface area contributed by atoms with Crippen molar-refractivity contribution >= 4 is 33.2 Å². The van der Waals surface area contributed by atoms with Gasteiger partial charge in [0.05, 0.1) is 11.3 Å². The molecule has 34 heavy (non-hydrogen) atoms. The zero-order valence-corrected chi connectivity index (χ0v) is 20.0. The van der Waals surface area contributed by atoms with Crippen LogP contribution >= 0.6 is 11.3 Å². The lowest BCUT2D eigenvalue weighted by molar-refractivity contribution is 0.0690. The second-order valence-electron chi connectivity index (χ2n) is 8.25. The third-order valence-electron chi connectivity index (χ3n) is 5.79. The van der Waals surface area contributed by atoms with Crippen molar-refractivity contribution < 1.29 is 18.7 Å². The fraction of sp³-hybridized carbons (Fsp3) is 0.269. The Morgan fingerprint density at radius 1 is 1.09 bits per heavy atom. The molecule has 0 aliphatic rings. The van der Waals surface area contributed by atoms with E-state index >= 15 is 0 Å². The van der Waals surface area contributed by atoms with Gasteiger partial charge in [-0.1, -0.05) is 13.3 Å². The lowest BCUT2D eigenvalue weighted by Crippen LogP contribution is -2.08. The fourth-order valence-electron chi connectivity index (χ4n) is 4.25. The molecule has 0 spiro atoms. The van der Waals surface area contributed by atoms with Gasteiger partial charge in [0, 0.05) is 27.8 Å². The number of aromatic carboxylic acids is 1. The average molecular weight is 482 g/mol. The van der Waals surface area contributed by atoms with Gasteiger partial charge in [0.15, 0.2) is 0 Å². The van der Waals surface area contributed by atoms with Crippen LogP contribution in [0.2, 0.25) is 0 Å². The minimum Gasteiger partial charge on any atom is -0.478 e. The largest absolute Gasteiger partial charge is 0.478 e. The van der Waals surface area contributed by atoms with Crippen molar-refractivity contribution in [1.29, 1.82) is 0 Å². The van der Waals surface area contributed by atoms with E-state index in [-0.39, 0.29) is 11.4 Å². The summed E-state index contributed by atoms with van der Waals surface area (Å²) in [5.41, 5.74) is 3.21. The molecule has 2 heterocycles. The maximum atomic E-state index is 14.6. The number of fused-ring (bicyclic) bond motifs is 1. The van der Waals surface area contributed by atoms with Crippen molar-refractivity contribution in [3.63, 3.8) is 0 Å². The molecule has 4 aromatic rings. The van der Waals surface area contributed by atoms with Gasteiger partial charge >= 0.3 is 5.97 Å². The van der Waals surface area contributed by atoms with Crippen molar-refractivity contribution in [1.82, 2.24) is 9.97 Å². The van der Waals surface area contributed by atoms with Gasteiger partial charge in [-0.3, -0.25) is 0 Å². The summed E-state index contributed by atoms with van der Waals surface area (Å²) in [6, 6.07) is 7.74. The monoisotopic (exact) mass is 481 g/mol. The molecule has 0 saturated carbocycles. The predicted octanol–water partition coefficient (Wildman–Crippen LogP) is 6.56. The third-order valence-corrected chi connectivity index (χ3v) is 7.09. The lowest BCUT2D eigenvalue weighted by Gasteiger charge is -2.11. The van der Waals surface area contributed by atoms with Crippen LogP contribution in [0.4, 0.5) is 14.6 Å². The summed E-state index contributed by atoms with van der Waals surface area (Å²) < 4.78 is 29.7. The number of rotatable bonds is 8. The van der Waals surface area contributed by atoms with Crippen molar-refractivity contribution in [2.24, 2.45) is 0 Å². The molecule has 2 N–H and O–H groups in total. The van der Waals surface area contributed by atoms with Crippen LogP contribution in [0.15, 0.2) is 36.7 Å². The highest BCUT2D eigenvalue weighted by Gasteiger charge is 2.18. The molecule has 0 aliphatic carbocycles. The van der Waals surface area contributed by atoms with Gasteiger partial charge in [0.2, 0.25) is 0 Å². The number of anilines is 1. The SMILES string of the molecule is CCCc1cc(-c2cc(NCCc3c(C)sc4c(C)cc(F)cc34)ncn2)cc(F)c1C(=O)O. The second kappa shape index (κ2) is 9.85. The first-order valence-electron chi connectivity index (χ1n) is 11.1. The molecule has 2 aromatic carbocycles. The molecular weight excluding hydrogens is 456 g/mol. The predicted molar refractivity (Wildman–Crippen MR) is 132 cm³/mol. The van der Waals surface area contributed by atoms with Crippen molar-refractivity contribution in [3.8, 4) is 11.3 Å². The number of aryl methyl sites for hydroxylation is 3. The number of carboxylic acid groups (broad SMARTS) is 1. The van der Waals surface area contributed by atoms with Crippen LogP contribution in [0.3, 0.4) is 0 Å². The highest BCUT2D eigenvalue weighted by Crippen LogP contribution is 2.34. The summed E-state index contributed by atoms with van der Waals surface area (Å²) in [5, 5.41) is 13.6. The molecule has 176 valence electrons. The zero-order valence-electron chi connectivity index (χ0n) is 19.2. The van der Waals surface area contributed by atoms with E-state index in [2.05, 4.69) is 15.3 Å². The van der Waals surface area contributed by atoms with Crippen LogP contribution in [0.1, 0.15) is 45.3 Å². The maximum Gasteiger partial charge on any atom is 0.338 e. The van der Waals surface area contributed by atoms with Gasteiger partial charge in [-0.25, -0.2) is 23.5 Å². The number of hydrogen-bond donors (Lipinski definition) is 2. The molecule has 4 rings (SSSR count). The summed E-state index contributed by atoms with van der Waals surface area (Å²) in [6.45, 7) is 6.45. The Morgan fingerprint density at radius 3 is 2.62 bits per heavy atom. The lowest BCUT2D eigenvalue weighted by atomic mass is 9.98. The van der Waals surface area contributed by atoms with Crippen LogP contribution in [0.25, 0.3) is 21.3 Å². The minimum atomic E-state index is -1.27. The van der Waals surface area contributed by atoms with E-state index in [0.29, 0.717) is 48.4 Å². The van der Waals surface area contributed by atoms with Gasteiger partial charge in [-0.15, -0.1) is 11.3 Å². The molecule has 0 saturated heterocycles. The summed E-state index contributed by atoms with van der Waals surface area (Å²) in [5.74, 6) is -1.71. The topological polar surface area (TPSA) is 75.1 Å². The number of carbonyl (C=O) groups is 1. The number of thiophene rings is 1. The number of nitrogens with one attached hydrogen (secondary N) is 1. The first kappa shape index (κ1) is 23.8. The average Bonchev–Trinajstić information content (AvgIpc) is 3.09. The highest BCUT2D eigenvalue weighted by atomic mass is 32.1. The molecule has 0 aliphatic heterocycles. The Hall–Kier alpha value is -3.39. The Kier molecular flexibility index (Phi) is 6.88. The summed E-state index contributed by atoms with van der Waals surface area (Å²) in [6.07, 6.45) is 3.23. The molecule has 8 heteroatoms. The van der Waals surface area contributed by atoms with Crippen molar-refractivity contribution in [3.05, 3.63) is 75.4 Å². The van der Waals surface area contributed by atoms with E-state index in [1.165, 1.54) is 12.4 Å². The van der Waals surface area contributed by atoms with E-state index in [1.807, 2.05) is 20.8 Å². The minimum absolute atomic E-state index is 0.235. The summed E-state index contributed by atoms with van der Waals surface area (Å²) in [4.78, 5) is 21.2. The van der Waals surface area contributed by atoms with Crippen LogP contribution in [0, 0.1) is 25.5 Å². The van der Waals surface area contributed by atoms with E-state index < -0.39 is 11.8 Å². The Bertz CT molecular complexity index is 1380. The van der Waals surface area contributed by atoms with Gasteiger partial charge in [-0.05, 0) is 73.0 Å². The van der Waals surface area contributed by atoms with E-state index in [1.54, 1.807) is 35.6 Å². The number of hydrogen-bond acceptors (Lipinski definition) is 5.